The van der Waals surface area contributed by atoms with Gasteiger partial charge in [-0.3, -0.25) is 0 Å². The molecule has 0 bridgehead atoms. The molecule has 0 aliphatic carbocycles. The van der Waals surface area contributed by atoms with E-state index >= 15 is 0 Å². The molecule has 0 aliphatic heterocycles. The molecule has 0 aliphatic rings. The Balaban J connectivity index is 2.83. The van der Waals surface area contributed by atoms with Crippen LogP contribution in [0.2, 0.25) is 0 Å². The van der Waals surface area contributed by atoms with Crippen molar-refractivity contribution in [1.29, 1.82) is 0 Å². The number of aryl methyl sites for hydroxylation is 2. The van der Waals surface area contributed by atoms with E-state index in [-0.39, 0.29) is 0 Å². The van der Waals surface area contributed by atoms with Crippen molar-refractivity contribution in [3.8, 4) is 0 Å². The molecule has 0 heterocycles. The zero-order valence-corrected chi connectivity index (χ0v) is 16.7. The third kappa shape index (κ3) is 6.69. The molecule has 0 aromatic heterocycles. The summed E-state index contributed by atoms with van der Waals surface area (Å²) < 4.78 is 0. The van der Waals surface area contributed by atoms with E-state index in [1.807, 2.05) is 0 Å². The Hall–Kier alpha value is -0.780. The van der Waals surface area contributed by atoms with Crippen molar-refractivity contribution < 1.29 is 0 Å². The SMILES string of the molecule is CCCCC(CC)Cc1cc(C)c(CC(CC)CCC)cc1C. The number of unbranched alkanes of at least 4 members (excludes halogenated alkanes) is 1. The molecular weight excluding hydrogens is 276 g/mol. The molecule has 1 aromatic rings. The van der Waals surface area contributed by atoms with Crippen LogP contribution in [0.5, 0.6) is 0 Å². The predicted molar refractivity (Wildman–Crippen MR) is 105 cm³/mol. The van der Waals surface area contributed by atoms with Crippen LogP contribution in [0.3, 0.4) is 0 Å². The third-order valence-corrected chi connectivity index (χ3v) is 5.63. The maximum atomic E-state index is 2.50. The lowest BCUT2D eigenvalue weighted by atomic mass is 9.85. The minimum atomic E-state index is 0.858. The lowest BCUT2D eigenvalue weighted by Crippen LogP contribution is -2.08. The van der Waals surface area contributed by atoms with Gasteiger partial charge in [-0.05, 0) is 60.8 Å². The van der Waals surface area contributed by atoms with Crippen LogP contribution in [-0.2, 0) is 12.8 Å². The van der Waals surface area contributed by atoms with Crippen LogP contribution in [0, 0.1) is 25.7 Å². The minimum absolute atomic E-state index is 0.858. The summed E-state index contributed by atoms with van der Waals surface area (Å²) in [6.45, 7) is 14.0. The fraction of sp³-hybridized carbons (Fsp3) is 0.739. The van der Waals surface area contributed by atoms with Crippen molar-refractivity contribution in [2.75, 3.05) is 0 Å². The fourth-order valence-corrected chi connectivity index (χ4v) is 3.80. The van der Waals surface area contributed by atoms with Gasteiger partial charge in [0.15, 0.2) is 0 Å². The average Bonchev–Trinajstić information content (AvgIpc) is 2.54. The second-order valence-corrected chi connectivity index (χ2v) is 7.59. The largest absolute Gasteiger partial charge is 0.0654 e. The van der Waals surface area contributed by atoms with Crippen LogP contribution in [0.1, 0.15) is 94.9 Å². The zero-order chi connectivity index (χ0) is 17.2. The van der Waals surface area contributed by atoms with Gasteiger partial charge >= 0.3 is 0 Å². The second kappa shape index (κ2) is 10.9. The van der Waals surface area contributed by atoms with Gasteiger partial charge in [0.1, 0.15) is 0 Å². The quantitative estimate of drug-likeness (QED) is 0.398. The van der Waals surface area contributed by atoms with E-state index in [4.69, 9.17) is 0 Å². The second-order valence-electron chi connectivity index (χ2n) is 7.59. The van der Waals surface area contributed by atoms with Gasteiger partial charge in [-0.25, -0.2) is 0 Å². The monoisotopic (exact) mass is 316 g/mol. The van der Waals surface area contributed by atoms with E-state index in [2.05, 4.69) is 53.7 Å². The molecule has 2 unspecified atom stereocenters. The van der Waals surface area contributed by atoms with Crippen molar-refractivity contribution in [3.63, 3.8) is 0 Å². The first-order chi connectivity index (χ1) is 11.0. The minimum Gasteiger partial charge on any atom is -0.0654 e. The molecular formula is C23H40. The molecule has 0 amide bonds. The highest BCUT2D eigenvalue weighted by Crippen LogP contribution is 2.26. The van der Waals surface area contributed by atoms with Crippen LogP contribution < -0.4 is 0 Å². The standard InChI is InChI=1S/C23H40/c1-7-11-13-21(10-4)17-23-15-18(5)22(14-19(23)6)16-20(9-3)12-8-2/h14-15,20-21H,7-13,16-17H2,1-6H3. The Morgan fingerprint density at radius 3 is 1.57 bits per heavy atom. The molecule has 0 radical (unpaired) electrons. The lowest BCUT2D eigenvalue weighted by molar-refractivity contribution is 0.447. The average molecular weight is 317 g/mol. The molecule has 0 N–H and O–H groups in total. The maximum absolute atomic E-state index is 2.50. The molecule has 1 rings (SSSR count). The molecule has 23 heavy (non-hydrogen) atoms. The van der Waals surface area contributed by atoms with Gasteiger partial charge in [0.05, 0.1) is 0 Å². The lowest BCUT2D eigenvalue weighted by Gasteiger charge is -2.20. The van der Waals surface area contributed by atoms with Crippen molar-refractivity contribution in [2.24, 2.45) is 11.8 Å². The molecule has 0 saturated carbocycles. The van der Waals surface area contributed by atoms with Gasteiger partial charge in [-0.2, -0.15) is 0 Å². The van der Waals surface area contributed by atoms with Crippen molar-refractivity contribution in [3.05, 3.63) is 34.4 Å². The van der Waals surface area contributed by atoms with Gasteiger partial charge < -0.3 is 0 Å². The van der Waals surface area contributed by atoms with Gasteiger partial charge in [0.25, 0.3) is 0 Å². The van der Waals surface area contributed by atoms with E-state index in [0.29, 0.717) is 0 Å². The zero-order valence-electron chi connectivity index (χ0n) is 16.7. The smallest absolute Gasteiger partial charge is 0.0248 e. The Bertz CT molecular complexity index is 444. The molecule has 0 saturated heterocycles. The number of benzene rings is 1. The van der Waals surface area contributed by atoms with Gasteiger partial charge in [-0.15, -0.1) is 0 Å². The molecule has 1 aromatic carbocycles. The third-order valence-electron chi connectivity index (χ3n) is 5.63. The maximum Gasteiger partial charge on any atom is -0.0248 e. The highest BCUT2D eigenvalue weighted by atomic mass is 14.2. The summed E-state index contributed by atoms with van der Waals surface area (Å²) in [5, 5.41) is 0. The first-order valence-electron chi connectivity index (χ1n) is 10.1. The van der Waals surface area contributed by atoms with Crippen LogP contribution in [0.25, 0.3) is 0 Å². The van der Waals surface area contributed by atoms with Crippen molar-refractivity contribution in [1.82, 2.24) is 0 Å². The van der Waals surface area contributed by atoms with Gasteiger partial charge in [0, 0.05) is 0 Å². The fourth-order valence-electron chi connectivity index (χ4n) is 3.80. The highest BCUT2D eigenvalue weighted by molar-refractivity contribution is 5.37. The number of hydrogen-bond donors (Lipinski definition) is 0. The van der Waals surface area contributed by atoms with Crippen LogP contribution in [0.15, 0.2) is 12.1 Å². The van der Waals surface area contributed by atoms with Crippen LogP contribution in [0.4, 0.5) is 0 Å². The Morgan fingerprint density at radius 2 is 1.17 bits per heavy atom. The predicted octanol–water partition coefficient (Wildman–Crippen LogP) is 7.43. The first-order valence-corrected chi connectivity index (χ1v) is 10.1. The van der Waals surface area contributed by atoms with E-state index in [1.54, 1.807) is 11.1 Å². The van der Waals surface area contributed by atoms with E-state index < -0.39 is 0 Å². The summed E-state index contributed by atoms with van der Waals surface area (Å²) >= 11 is 0. The molecule has 132 valence electrons. The first kappa shape index (κ1) is 20.3. The summed E-state index contributed by atoms with van der Waals surface area (Å²) in [6.07, 6.45) is 11.9. The summed E-state index contributed by atoms with van der Waals surface area (Å²) in [6, 6.07) is 4.99. The van der Waals surface area contributed by atoms with Crippen molar-refractivity contribution in [2.45, 2.75) is 99.3 Å². The Morgan fingerprint density at radius 1 is 0.696 bits per heavy atom. The number of hydrogen-bond acceptors (Lipinski definition) is 0. The van der Waals surface area contributed by atoms with E-state index in [1.165, 1.54) is 68.9 Å². The molecule has 2 atom stereocenters. The number of rotatable bonds is 11. The summed E-state index contributed by atoms with van der Waals surface area (Å²) in [5.41, 5.74) is 6.23. The van der Waals surface area contributed by atoms with Gasteiger partial charge in [-0.1, -0.05) is 84.8 Å². The Labute approximate surface area is 146 Å². The summed E-state index contributed by atoms with van der Waals surface area (Å²) in [7, 11) is 0. The van der Waals surface area contributed by atoms with Crippen LogP contribution in [-0.4, -0.2) is 0 Å². The Kier molecular flexibility index (Phi) is 9.60. The van der Waals surface area contributed by atoms with Gasteiger partial charge in [0.2, 0.25) is 0 Å². The highest BCUT2D eigenvalue weighted by Gasteiger charge is 2.13. The topological polar surface area (TPSA) is 0 Å². The van der Waals surface area contributed by atoms with E-state index in [9.17, 15) is 0 Å². The molecule has 0 spiro atoms. The molecule has 0 fully saturated rings. The van der Waals surface area contributed by atoms with Crippen molar-refractivity contribution >= 4 is 0 Å². The normalized spacial score (nSPS) is 14.0. The summed E-state index contributed by atoms with van der Waals surface area (Å²) in [5.74, 6) is 1.72. The molecule has 0 heteroatoms. The van der Waals surface area contributed by atoms with E-state index in [0.717, 1.165) is 11.8 Å². The summed E-state index contributed by atoms with van der Waals surface area (Å²) in [4.78, 5) is 0. The molecule has 0 nitrogen and oxygen atoms in total. The van der Waals surface area contributed by atoms with Crippen LogP contribution >= 0.6 is 0 Å².